The average Bonchev–Trinajstić information content (AvgIpc) is 2.48. The van der Waals surface area contributed by atoms with Gasteiger partial charge in [-0.15, -0.1) is 24.8 Å². The standard InChI is InChI=1S/C16H19N3O.2ClH/c20-16(12-19-10-8-17-9-11-19)18-15-7-3-5-13-4-1-2-6-14(13)15;;/h1-7,17H,8-12H2,(H,18,20);2*1H. The van der Waals surface area contributed by atoms with E-state index < -0.39 is 0 Å². The van der Waals surface area contributed by atoms with Gasteiger partial charge in [-0.2, -0.15) is 0 Å². The summed E-state index contributed by atoms with van der Waals surface area (Å²) in [5.74, 6) is 0.0586. The Morgan fingerprint density at radius 2 is 1.73 bits per heavy atom. The second-order valence-electron chi connectivity index (χ2n) is 5.10. The molecule has 120 valence electrons. The minimum atomic E-state index is 0. The van der Waals surface area contributed by atoms with Crippen LogP contribution in [0.5, 0.6) is 0 Å². The molecular formula is C16H21Cl2N3O. The number of rotatable bonds is 3. The summed E-state index contributed by atoms with van der Waals surface area (Å²) in [6.07, 6.45) is 0. The zero-order chi connectivity index (χ0) is 13.8. The molecule has 0 aromatic heterocycles. The number of hydrogen-bond acceptors (Lipinski definition) is 3. The number of anilines is 1. The molecule has 6 heteroatoms. The molecule has 0 atom stereocenters. The number of carbonyl (C=O) groups is 1. The Morgan fingerprint density at radius 1 is 1.05 bits per heavy atom. The van der Waals surface area contributed by atoms with Crippen molar-refractivity contribution in [3.63, 3.8) is 0 Å². The highest BCUT2D eigenvalue weighted by molar-refractivity contribution is 6.02. The van der Waals surface area contributed by atoms with Crippen molar-refractivity contribution in [2.45, 2.75) is 0 Å². The van der Waals surface area contributed by atoms with Gasteiger partial charge in [-0.25, -0.2) is 0 Å². The highest BCUT2D eigenvalue weighted by Gasteiger charge is 2.14. The molecule has 4 nitrogen and oxygen atoms in total. The lowest BCUT2D eigenvalue weighted by Crippen LogP contribution is -2.46. The van der Waals surface area contributed by atoms with Crippen molar-refractivity contribution in [2.75, 3.05) is 38.0 Å². The van der Waals surface area contributed by atoms with E-state index in [1.807, 2.05) is 30.3 Å². The van der Waals surface area contributed by atoms with Crippen molar-refractivity contribution < 1.29 is 4.79 Å². The Labute approximate surface area is 143 Å². The number of nitrogens with zero attached hydrogens (tertiary/aromatic N) is 1. The van der Waals surface area contributed by atoms with E-state index in [1.165, 1.54) is 0 Å². The summed E-state index contributed by atoms with van der Waals surface area (Å²) >= 11 is 0. The highest BCUT2D eigenvalue weighted by Crippen LogP contribution is 2.22. The van der Waals surface area contributed by atoms with Gasteiger partial charge in [-0.05, 0) is 11.5 Å². The number of nitrogens with one attached hydrogen (secondary N) is 2. The smallest absolute Gasteiger partial charge is 0.238 e. The molecule has 3 rings (SSSR count). The molecule has 2 aromatic carbocycles. The van der Waals surface area contributed by atoms with Gasteiger partial charge < -0.3 is 10.6 Å². The number of amides is 1. The minimum Gasteiger partial charge on any atom is -0.324 e. The van der Waals surface area contributed by atoms with Crippen molar-refractivity contribution in [1.29, 1.82) is 0 Å². The Bertz CT molecular complexity index is 610. The molecule has 22 heavy (non-hydrogen) atoms. The summed E-state index contributed by atoms with van der Waals surface area (Å²) < 4.78 is 0. The lowest BCUT2D eigenvalue weighted by atomic mass is 10.1. The summed E-state index contributed by atoms with van der Waals surface area (Å²) in [5, 5.41) is 8.55. The predicted molar refractivity (Wildman–Crippen MR) is 96.4 cm³/mol. The number of piperazine rings is 1. The van der Waals surface area contributed by atoms with E-state index in [-0.39, 0.29) is 30.7 Å². The molecule has 1 aliphatic rings. The third-order valence-corrected chi connectivity index (χ3v) is 3.64. The lowest BCUT2D eigenvalue weighted by Gasteiger charge is -2.26. The molecule has 1 heterocycles. The van der Waals surface area contributed by atoms with Crippen molar-refractivity contribution >= 4 is 47.2 Å². The fourth-order valence-electron chi connectivity index (χ4n) is 2.60. The summed E-state index contributed by atoms with van der Waals surface area (Å²) in [6, 6.07) is 14.1. The Kier molecular flexibility index (Phi) is 7.62. The first-order valence-electron chi connectivity index (χ1n) is 7.03. The first-order valence-corrected chi connectivity index (χ1v) is 7.03. The van der Waals surface area contributed by atoms with E-state index in [0.29, 0.717) is 6.54 Å². The summed E-state index contributed by atoms with van der Waals surface area (Å²) in [7, 11) is 0. The lowest BCUT2D eigenvalue weighted by molar-refractivity contribution is -0.117. The zero-order valence-corrected chi connectivity index (χ0v) is 13.9. The van der Waals surface area contributed by atoms with E-state index in [1.54, 1.807) is 0 Å². The maximum atomic E-state index is 12.2. The van der Waals surface area contributed by atoms with E-state index in [0.717, 1.165) is 42.6 Å². The molecule has 0 aliphatic carbocycles. The fraction of sp³-hybridized carbons (Fsp3) is 0.312. The number of halogens is 2. The van der Waals surface area contributed by atoms with Crippen LogP contribution in [0.3, 0.4) is 0 Å². The number of benzene rings is 2. The SMILES string of the molecule is Cl.Cl.O=C(CN1CCNCC1)Nc1cccc2ccccc12. The number of hydrogen-bond donors (Lipinski definition) is 2. The van der Waals surface area contributed by atoms with Crippen molar-refractivity contribution in [2.24, 2.45) is 0 Å². The second-order valence-corrected chi connectivity index (χ2v) is 5.10. The maximum absolute atomic E-state index is 12.2. The minimum absolute atomic E-state index is 0. The Morgan fingerprint density at radius 3 is 2.50 bits per heavy atom. The summed E-state index contributed by atoms with van der Waals surface area (Å²) in [5.41, 5.74) is 0.892. The van der Waals surface area contributed by atoms with Crippen LogP contribution in [0.15, 0.2) is 42.5 Å². The monoisotopic (exact) mass is 341 g/mol. The highest BCUT2D eigenvalue weighted by atomic mass is 35.5. The molecule has 1 saturated heterocycles. The van der Waals surface area contributed by atoms with Gasteiger partial charge in [-0.1, -0.05) is 36.4 Å². The van der Waals surface area contributed by atoms with Crippen LogP contribution in [0.4, 0.5) is 5.69 Å². The van der Waals surface area contributed by atoms with Crippen molar-refractivity contribution in [3.05, 3.63) is 42.5 Å². The van der Waals surface area contributed by atoms with E-state index in [9.17, 15) is 4.79 Å². The van der Waals surface area contributed by atoms with Gasteiger partial charge in [-0.3, -0.25) is 9.69 Å². The molecule has 1 fully saturated rings. The predicted octanol–water partition coefficient (Wildman–Crippen LogP) is 2.53. The van der Waals surface area contributed by atoms with Crippen LogP contribution in [0, 0.1) is 0 Å². The molecule has 0 unspecified atom stereocenters. The zero-order valence-electron chi connectivity index (χ0n) is 12.2. The number of fused-ring (bicyclic) bond motifs is 1. The molecule has 2 N–H and O–H groups in total. The van der Waals surface area contributed by atoms with Gasteiger partial charge in [0.15, 0.2) is 0 Å². The van der Waals surface area contributed by atoms with Crippen LogP contribution in [-0.4, -0.2) is 43.5 Å². The van der Waals surface area contributed by atoms with Crippen LogP contribution >= 0.6 is 24.8 Å². The fourth-order valence-corrected chi connectivity index (χ4v) is 2.60. The van der Waals surface area contributed by atoms with Gasteiger partial charge in [0.2, 0.25) is 5.91 Å². The van der Waals surface area contributed by atoms with Crippen molar-refractivity contribution in [1.82, 2.24) is 10.2 Å². The van der Waals surface area contributed by atoms with Crippen LogP contribution in [0.25, 0.3) is 10.8 Å². The van der Waals surface area contributed by atoms with E-state index >= 15 is 0 Å². The summed E-state index contributed by atoms with van der Waals surface area (Å²) in [4.78, 5) is 14.3. The molecule has 1 amide bonds. The molecular weight excluding hydrogens is 321 g/mol. The third-order valence-electron chi connectivity index (χ3n) is 3.64. The molecule has 2 aromatic rings. The Hall–Kier alpha value is -1.33. The van der Waals surface area contributed by atoms with Crippen LogP contribution in [0.2, 0.25) is 0 Å². The molecule has 0 radical (unpaired) electrons. The summed E-state index contributed by atoms with van der Waals surface area (Å²) in [6.45, 7) is 4.25. The van der Waals surface area contributed by atoms with Crippen molar-refractivity contribution in [3.8, 4) is 0 Å². The van der Waals surface area contributed by atoms with E-state index in [2.05, 4.69) is 27.7 Å². The van der Waals surface area contributed by atoms with Crippen LogP contribution in [-0.2, 0) is 4.79 Å². The van der Waals surface area contributed by atoms with Gasteiger partial charge in [0.05, 0.1) is 6.54 Å². The van der Waals surface area contributed by atoms with Gasteiger partial charge in [0.25, 0.3) is 0 Å². The topological polar surface area (TPSA) is 44.4 Å². The quantitative estimate of drug-likeness (QED) is 0.901. The second kappa shape index (κ2) is 8.96. The maximum Gasteiger partial charge on any atom is 0.238 e. The molecule has 1 aliphatic heterocycles. The third kappa shape index (κ3) is 4.58. The van der Waals surface area contributed by atoms with Gasteiger partial charge in [0, 0.05) is 37.3 Å². The van der Waals surface area contributed by atoms with Gasteiger partial charge in [0.1, 0.15) is 0 Å². The first kappa shape index (κ1) is 18.7. The Balaban J connectivity index is 0.00000121. The van der Waals surface area contributed by atoms with E-state index in [4.69, 9.17) is 0 Å². The molecule has 0 spiro atoms. The largest absolute Gasteiger partial charge is 0.324 e. The average molecular weight is 342 g/mol. The van der Waals surface area contributed by atoms with Crippen LogP contribution < -0.4 is 10.6 Å². The molecule has 0 bridgehead atoms. The van der Waals surface area contributed by atoms with Gasteiger partial charge >= 0.3 is 0 Å². The molecule has 0 saturated carbocycles. The van der Waals surface area contributed by atoms with Crippen LogP contribution in [0.1, 0.15) is 0 Å². The first-order chi connectivity index (χ1) is 9.83. The normalized spacial score (nSPS) is 14.7. The number of carbonyl (C=O) groups excluding carboxylic acids is 1.